The molecule has 2 aromatic heterocycles. The van der Waals surface area contributed by atoms with Crippen molar-refractivity contribution in [1.29, 1.82) is 0 Å². The fourth-order valence-electron chi connectivity index (χ4n) is 1.12. The van der Waals surface area contributed by atoms with Crippen LogP contribution in [0.2, 0.25) is 0 Å². The van der Waals surface area contributed by atoms with E-state index in [0.29, 0.717) is 11.4 Å². The molecular weight excluding hydrogens is 194 g/mol. The number of nitrogens with zero attached hydrogens (tertiary/aromatic N) is 2. The van der Waals surface area contributed by atoms with Crippen LogP contribution < -0.4 is 11.1 Å². The number of nitrogens with two attached hydrogens (primary N) is 1. The molecule has 0 atom stereocenters. The second-order valence-electron chi connectivity index (χ2n) is 2.88. The highest BCUT2D eigenvalue weighted by Gasteiger charge is 2.10. The van der Waals surface area contributed by atoms with E-state index in [2.05, 4.69) is 20.5 Å². The zero-order chi connectivity index (χ0) is 10.7. The molecule has 2 rings (SSSR count). The minimum Gasteiger partial charge on any atom is -0.397 e. The quantitative estimate of drug-likeness (QED) is 0.667. The standard InChI is InChI=1S/C9H9N5O/c10-7-2-1-3-11-8(7)9(15)14-6-4-12-13-5-6/h1-5H,10H2,(H,12,13)(H,14,15). The number of H-pyrrole nitrogens is 1. The third-order valence-corrected chi connectivity index (χ3v) is 1.81. The van der Waals surface area contributed by atoms with E-state index in [-0.39, 0.29) is 11.6 Å². The molecule has 0 fully saturated rings. The third kappa shape index (κ3) is 1.93. The van der Waals surface area contributed by atoms with Crippen molar-refractivity contribution in [3.63, 3.8) is 0 Å². The lowest BCUT2D eigenvalue weighted by molar-refractivity contribution is 0.102. The molecule has 2 heterocycles. The van der Waals surface area contributed by atoms with Crippen molar-refractivity contribution in [2.75, 3.05) is 11.1 Å². The average Bonchev–Trinajstić information content (AvgIpc) is 2.71. The molecule has 0 radical (unpaired) electrons. The normalized spacial score (nSPS) is 9.87. The van der Waals surface area contributed by atoms with Crippen LogP contribution in [0.15, 0.2) is 30.7 Å². The number of nitrogen functional groups attached to an aromatic ring is 1. The van der Waals surface area contributed by atoms with Crippen LogP contribution in [0.3, 0.4) is 0 Å². The molecule has 0 aliphatic heterocycles. The number of nitrogens with one attached hydrogen (secondary N) is 2. The Morgan fingerprint density at radius 3 is 3.07 bits per heavy atom. The SMILES string of the molecule is Nc1cccnc1C(=O)Nc1cn[nH]c1. The molecule has 0 saturated heterocycles. The summed E-state index contributed by atoms with van der Waals surface area (Å²) in [6.45, 7) is 0. The van der Waals surface area contributed by atoms with Crippen LogP contribution in [0.25, 0.3) is 0 Å². The second-order valence-corrected chi connectivity index (χ2v) is 2.88. The van der Waals surface area contributed by atoms with Gasteiger partial charge >= 0.3 is 0 Å². The fraction of sp³-hybridized carbons (Fsp3) is 0. The number of rotatable bonds is 2. The van der Waals surface area contributed by atoms with E-state index in [1.54, 1.807) is 18.3 Å². The third-order valence-electron chi connectivity index (χ3n) is 1.81. The number of carbonyl (C=O) groups is 1. The van der Waals surface area contributed by atoms with Gasteiger partial charge < -0.3 is 11.1 Å². The van der Waals surface area contributed by atoms with E-state index in [4.69, 9.17) is 5.73 Å². The highest BCUT2D eigenvalue weighted by molar-refractivity contribution is 6.05. The van der Waals surface area contributed by atoms with Crippen molar-refractivity contribution in [2.24, 2.45) is 0 Å². The molecule has 15 heavy (non-hydrogen) atoms. The minimum atomic E-state index is -0.352. The first-order chi connectivity index (χ1) is 7.27. The van der Waals surface area contributed by atoms with E-state index in [0.717, 1.165) is 0 Å². The van der Waals surface area contributed by atoms with Crippen LogP contribution in [0.4, 0.5) is 11.4 Å². The summed E-state index contributed by atoms with van der Waals surface area (Å²) in [6, 6.07) is 3.29. The zero-order valence-corrected chi connectivity index (χ0v) is 7.77. The average molecular weight is 203 g/mol. The molecule has 0 spiro atoms. The number of pyridine rings is 1. The summed E-state index contributed by atoms with van der Waals surface area (Å²) in [7, 11) is 0. The number of hydrogen-bond acceptors (Lipinski definition) is 4. The summed E-state index contributed by atoms with van der Waals surface area (Å²) in [5.74, 6) is -0.352. The van der Waals surface area contributed by atoms with Gasteiger partial charge in [-0.15, -0.1) is 0 Å². The van der Waals surface area contributed by atoms with Gasteiger partial charge in [0.25, 0.3) is 5.91 Å². The van der Waals surface area contributed by atoms with Gasteiger partial charge in [0.1, 0.15) is 0 Å². The maximum Gasteiger partial charge on any atom is 0.276 e. The summed E-state index contributed by atoms with van der Waals surface area (Å²) in [5.41, 5.74) is 6.73. The van der Waals surface area contributed by atoms with Crippen LogP contribution in [-0.4, -0.2) is 21.1 Å². The van der Waals surface area contributed by atoms with Gasteiger partial charge in [0.15, 0.2) is 5.69 Å². The lowest BCUT2D eigenvalue weighted by Gasteiger charge is -2.03. The molecule has 1 amide bonds. The van der Waals surface area contributed by atoms with Gasteiger partial charge in [-0.05, 0) is 12.1 Å². The second kappa shape index (κ2) is 3.79. The molecule has 6 heteroatoms. The first-order valence-electron chi connectivity index (χ1n) is 4.28. The van der Waals surface area contributed by atoms with Crippen LogP contribution in [0.1, 0.15) is 10.5 Å². The lowest BCUT2D eigenvalue weighted by atomic mass is 10.3. The number of hydrogen-bond donors (Lipinski definition) is 3. The Hall–Kier alpha value is -2.37. The van der Waals surface area contributed by atoms with Crippen molar-refractivity contribution in [3.8, 4) is 0 Å². The van der Waals surface area contributed by atoms with Gasteiger partial charge in [-0.1, -0.05) is 0 Å². The Bertz CT molecular complexity index is 465. The van der Waals surface area contributed by atoms with Gasteiger partial charge in [0, 0.05) is 12.4 Å². The number of amides is 1. The predicted octanol–water partition coefficient (Wildman–Crippen LogP) is 0.639. The highest BCUT2D eigenvalue weighted by Crippen LogP contribution is 2.10. The molecule has 6 nitrogen and oxygen atoms in total. The lowest BCUT2D eigenvalue weighted by Crippen LogP contribution is -2.15. The molecule has 0 aliphatic rings. The molecule has 0 aromatic carbocycles. The van der Waals surface area contributed by atoms with E-state index in [1.165, 1.54) is 12.4 Å². The van der Waals surface area contributed by atoms with E-state index in [1.807, 2.05) is 0 Å². The van der Waals surface area contributed by atoms with Gasteiger partial charge in [0.05, 0.1) is 17.6 Å². The van der Waals surface area contributed by atoms with E-state index >= 15 is 0 Å². The molecular formula is C9H9N5O. The maximum atomic E-state index is 11.6. The Labute approximate surface area is 85.5 Å². The number of carbonyl (C=O) groups excluding carboxylic acids is 1. The monoisotopic (exact) mass is 203 g/mol. The fourth-order valence-corrected chi connectivity index (χ4v) is 1.12. The predicted molar refractivity (Wildman–Crippen MR) is 55.2 cm³/mol. The minimum absolute atomic E-state index is 0.207. The summed E-state index contributed by atoms with van der Waals surface area (Å²) >= 11 is 0. The Morgan fingerprint density at radius 1 is 1.53 bits per heavy atom. The van der Waals surface area contributed by atoms with Gasteiger partial charge in [-0.2, -0.15) is 5.10 Å². The molecule has 76 valence electrons. The zero-order valence-electron chi connectivity index (χ0n) is 7.77. The molecule has 0 saturated carbocycles. The molecule has 4 N–H and O–H groups in total. The van der Waals surface area contributed by atoms with Gasteiger partial charge in [-0.3, -0.25) is 9.89 Å². The molecule has 0 aliphatic carbocycles. The Kier molecular flexibility index (Phi) is 2.32. The molecule has 0 unspecified atom stereocenters. The summed E-state index contributed by atoms with van der Waals surface area (Å²) in [5, 5.41) is 8.89. The Morgan fingerprint density at radius 2 is 2.40 bits per heavy atom. The van der Waals surface area contributed by atoms with Crippen LogP contribution in [0.5, 0.6) is 0 Å². The summed E-state index contributed by atoms with van der Waals surface area (Å²) < 4.78 is 0. The van der Waals surface area contributed by atoms with Crippen molar-refractivity contribution in [1.82, 2.24) is 15.2 Å². The summed E-state index contributed by atoms with van der Waals surface area (Å²) in [4.78, 5) is 15.5. The summed E-state index contributed by atoms with van der Waals surface area (Å²) in [6.07, 6.45) is 4.58. The first-order valence-corrected chi connectivity index (χ1v) is 4.28. The van der Waals surface area contributed by atoms with Crippen molar-refractivity contribution in [3.05, 3.63) is 36.4 Å². The Balaban J connectivity index is 2.19. The maximum absolute atomic E-state index is 11.6. The number of anilines is 2. The van der Waals surface area contributed by atoms with E-state index < -0.39 is 0 Å². The van der Waals surface area contributed by atoms with Crippen LogP contribution in [0, 0.1) is 0 Å². The van der Waals surface area contributed by atoms with Crippen molar-refractivity contribution < 1.29 is 4.79 Å². The molecule has 0 bridgehead atoms. The number of aromatic nitrogens is 3. The van der Waals surface area contributed by atoms with Gasteiger partial charge in [-0.25, -0.2) is 4.98 Å². The smallest absolute Gasteiger partial charge is 0.276 e. The van der Waals surface area contributed by atoms with E-state index in [9.17, 15) is 4.79 Å². The van der Waals surface area contributed by atoms with Crippen molar-refractivity contribution in [2.45, 2.75) is 0 Å². The highest BCUT2D eigenvalue weighted by atomic mass is 16.1. The first kappa shape index (κ1) is 9.20. The largest absolute Gasteiger partial charge is 0.397 e. The molecule has 2 aromatic rings. The van der Waals surface area contributed by atoms with Crippen molar-refractivity contribution >= 4 is 17.3 Å². The number of aromatic amines is 1. The van der Waals surface area contributed by atoms with Gasteiger partial charge in [0.2, 0.25) is 0 Å². The topological polar surface area (TPSA) is 96.7 Å². The van der Waals surface area contributed by atoms with Crippen LogP contribution >= 0.6 is 0 Å². The van der Waals surface area contributed by atoms with Crippen LogP contribution in [-0.2, 0) is 0 Å².